The minimum atomic E-state index is 0.195. The summed E-state index contributed by atoms with van der Waals surface area (Å²) in [5.74, 6) is 0.195. The second-order valence-electron chi connectivity index (χ2n) is 8.09. The molecule has 2 bridgehead atoms. The van der Waals surface area contributed by atoms with Crippen LogP contribution in [0.15, 0.2) is 30.3 Å². The van der Waals surface area contributed by atoms with E-state index in [0.29, 0.717) is 30.3 Å². The number of ketones is 1. The van der Waals surface area contributed by atoms with E-state index in [1.165, 1.54) is 12.8 Å². The van der Waals surface area contributed by atoms with Crippen LogP contribution in [0.1, 0.15) is 53.0 Å². The molecule has 0 saturated carbocycles. The highest BCUT2D eigenvalue weighted by Gasteiger charge is 2.41. The predicted octanol–water partition coefficient (Wildman–Crippen LogP) is 3.79. The monoisotopic (exact) mass is 377 g/mol. The Hall–Kier alpha value is -2.42. The highest BCUT2D eigenvalue weighted by molar-refractivity contribution is 5.99. The topological polar surface area (TPSA) is 58.3 Å². The van der Waals surface area contributed by atoms with Crippen LogP contribution in [0.4, 0.5) is 0 Å². The van der Waals surface area contributed by atoms with Gasteiger partial charge in [-0.2, -0.15) is 5.26 Å². The molecule has 1 aromatic carbocycles. The maximum Gasteiger partial charge on any atom is 0.178 e. The number of hydrogen-bond donors (Lipinski definition) is 0. The molecule has 146 valence electrons. The molecule has 5 heteroatoms. The molecule has 3 atom stereocenters. The molecule has 28 heavy (non-hydrogen) atoms. The number of aryl methyl sites for hydroxylation is 1. The lowest BCUT2D eigenvalue weighted by Crippen LogP contribution is -2.47. The maximum absolute atomic E-state index is 13.2. The molecule has 2 fully saturated rings. The fraction of sp³-hybridized carbons (Fsp3) is 0.478. The molecule has 2 saturated heterocycles. The highest BCUT2D eigenvalue weighted by atomic mass is 16.5. The normalized spacial score (nSPS) is 24.3. The van der Waals surface area contributed by atoms with Crippen LogP contribution in [0.25, 0.3) is 5.69 Å². The van der Waals surface area contributed by atoms with E-state index in [1.54, 1.807) is 7.11 Å². The Kier molecular flexibility index (Phi) is 5.09. The average Bonchev–Trinajstić information content (AvgIpc) is 3.12. The average molecular weight is 377 g/mol. The molecule has 0 N–H and O–H groups in total. The number of fused-ring (bicyclic) bond motifs is 2. The summed E-state index contributed by atoms with van der Waals surface area (Å²) in [6.07, 6.45) is 4.74. The first-order valence-corrected chi connectivity index (χ1v) is 10.0. The maximum atomic E-state index is 13.2. The molecule has 3 heterocycles. The molecule has 0 amide bonds. The van der Waals surface area contributed by atoms with Gasteiger partial charge in [-0.1, -0.05) is 0 Å². The second-order valence-corrected chi connectivity index (χ2v) is 8.09. The Morgan fingerprint density at radius 2 is 1.82 bits per heavy atom. The van der Waals surface area contributed by atoms with Crippen LogP contribution in [-0.2, 0) is 4.74 Å². The molecular weight excluding hydrogens is 350 g/mol. The van der Waals surface area contributed by atoms with E-state index in [4.69, 9.17) is 10.00 Å². The molecule has 2 aliphatic rings. The van der Waals surface area contributed by atoms with Crippen molar-refractivity contribution in [2.24, 2.45) is 0 Å². The molecule has 4 rings (SSSR count). The van der Waals surface area contributed by atoms with Crippen molar-refractivity contribution in [1.29, 1.82) is 5.26 Å². The zero-order chi connectivity index (χ0) is 19.8. The lowest BCUT2D eigenvalue weighted by atomic mass is 9.98. The van der Waals surface area contributed by atoms with Crippen LogP contribution in [0.2, 0.25) is 0 Å². The van der Waals surface area contributed by atoms with Crippen molar-refractivity contribution >= 4 is 5.78 Å². The number of methoxy groups -OCH3 is 1. The Morgan fingerprint density at radius 1 is 1.18 bits per heavy atom. The van der Waals surface area contributed by atoms with Gasteiger partial charge in [-0.05, 0) is 69.9 Å². The van der Waals surface area contributed by atoms with Gasteiger partial charge < -0.3 is 9.30 Å². The SMILES string of the molecule is COC1C[C@H]2CC[C@@H](C1)N2CC(=O)c1cc(C)n(-c2ccc(C#N)cc2)c1C. The number of nitriles is 1. The van der Waals surface area contributed by atoms with Crippen LogP contribution >= 0.6 is 0 Å². The summed E-state index contributed by atoms with van der Waals surface area (Å²) in [6, 6.07) is 12.6. The molecule has 0 aliphatic carbocycles. The van der Waals surface area contributed by atoms with Crippen molar-refractivity contribution in [2.45, 2.75) is 57.7 Å². The van der Waals surface area contributed by atoms with Gasteiger partial charge in [-0.3, -0.25) is 9.69 Å². The van der Waals surface area contributed by atoms with Gasteiger partial charge in [-0.25, -0.2) is 0 Å². The number of aromatic nitrogens is 1. The number of nitrogens with zero attached hydrogens (tertiary/aromatic N) is 3. The van der Waals surface area contributed by atoms with Crippen molar-refractivity contribution in [3.63, 3.8) is 0 Å². The Labute approximate surface area is 166 Å². The third-order valence-electron chi connectivity index (χ3n) is 6.49. The van der Waals surface area contributed by atoms with Crippen LogP contribution < -0.4 is 0 Å². The minimum Gasteiger partial charge on any atom is -0.381 e. The van der Waals surface area contributed by atoms with Gasteiger partial charge in [0.05, 0.1) is 24.3 Å². The number of benzene rings is 1. The smallest absolute Gasteiger partial charge is 0.178 e. The third kappa shape index (κ3) is 3.28. The first-order valence-electron chi connectivity index (χ1n) is 10.0. The number of carbonyl (C=O) groups excluding carboxylic acids is 1. The number of Topliss-reactive ketones (excluding diaryl/α,β-unsaturated/α-hetero) is 1. The summed E-state index contributed by atoms with van der Waals surface area (Å²) >= 11 is 0. The molecule has 1 aromatic heterocycles. The molecule has 0 radical (unpaired) electrons. The Bertz CT molecular complexity index is 909. The van der Waals surface area contributed by atoms with E-state index in [2.05, 4.69) is 15.5 Å². The van der Waals surface area contributed by atoms with Crippen molar-refractivity contribution in [1.82, 2.24) is 9.47 Å². The number of piperidine rings is 1. The van der Waals surface area contributed by atoms with E-state index in [-0.39, 0.29) is 5.78 Å². The van der Waals surface area contributed by atoms with E-state index in [1.807, 2.05) is 44.2 Å². The lowest BCUT2D eigenvalue weighted by Gasteiger charge is -2.37. The van der Waals surface area contributed by atoms with Gasteiger partial charge >= 0.3 is 0 Å². The first kappa shape index (κ1) is 18.9. The summed E-state index contributed by atoms with van der Waals surface area (Å²) in [7, 11) is 1.79. The fourth-order valence-electron chi connectivity index (χ4n) is 5.05. The van der Waals surface area contributed by atoms with Crippen molar-refractivity contribution in [3.05, 3.63) is 52.8 Å². The van der Waals surface area contributed by atoms with E-state index in [0.717, 1.165) is 35.5 Å². The van der Waals surface area contributed by atoms with Crippen LogP contribution in [0.3, 0.4) is 0 Å². The van der Waals surface area contributed by atoms with Gasteiger partial charge in [0.25, 0.3) is 0 Å². The largest absolute Gasteiger partial charge is 0.381 e. The fourth-order valence-corrected chi connectivity index (χ4v) is 5.05. The minimum absolute atomic E-state index is 0.195. The molecule has 0 spiro atoms. The first-order chi connectivity index (χ1) is 13.5. The molecule has 2 aliphatic heterocycles. The molecular formula is C23H27N3O2. The second kappa shape index (κ2) is 7.54. The lowest BCUT2D eigenvalue weighted by molar-refractivity contribution is 0.00723. The summed E-state index contributed by atoms with van der Waals surface area (Å²) in [5, 5.41) is 9.01. The van der Waals surface area contributed by atoms with Crippen molar-refractivity contribution in [3.8, 4) is 11.8 Å². The van der Waals surface area contributed by atoms with Gasteiger partial charge in [0.2, 0.25) is 0 Å². The standard InChI is InChI=1S/C23H27N3O2/c1-15-10-22(16(2)26(15)18-6-4-17(13-24)5-7-18)23(27)14-25-19-8-9-20(25)12-21(11-19)28-3/h4-7,10,19-21H,8-9,11-12,14H2,1-3H3/t19-,20+,21?. The van der Waals surface area contributed by atoms with E-state index >= 15 is 0 Å². The van der Waals surface area contributed by atoms with E-state index < -0.39 is 0 Å². The summed E-state index contributed by atoms with van der Waals surface area (Å²) < 4.78 is 7.68. The van der Waals surface area contributed by atoms with Gasteiger partial charge in [0, 0.05) is 41.8 Å². The van der Waals surface area contributed by atoms with Crippen LogP contribution in [0.5, 0.6) is 0 Å². The van der Waals surface area contributed by atoms with Crippen molar-refractivity contribution in [2.75, 3.05) is 13.7 Å². The van der Waals surface area contributed by atoms with Crippen molar-refractivity contribution < 1.29 is 9.53 Å². The highest BCUT2D eigenvalue weighted by Crippen LogP contribution is 2.37. The zero-order valence-electron chi connectivity index (χ0n) is 16.8. The summed E-state index contributed by atoms with van der Waals surface area (Å²) in [5.41, 5.74) is 4.42. The van der Waals surface area contributed by atoms with E-state index in [9.17, 15) is 4.79 Å². The Balaban J connectivity index is 1.55. The predicted molar refractivity (Wildman–Crippen MR) is 108 cm³/mol. The summed E-state index contributed by atoms with van der Waals surface area (Å²) in [4.78, 5) is 15.6. The number of ether oxygens (including phenoxy) is 1. The number of hydrogen-bond acceptors (Lipinski definition) is 4. The van der Waals surface area contributed by atoms with Gasteiger partial charge in [-0.15, -0.1) is 0 Å². The molecule has 1 unspecified atom stereocenters. The quantitative estimate of drug-likeness (QED) is 0.744. The zero-order valence-corrected chi connectivity index (χ0v) is 16.8. The molecule has 5 nitrogen and oxygen atoms in total. The number of carbonyl (C=O) groups is 1. The summed E-state index contributed by atoms with van der Waals surface area (Å²) in [6.45, 7) is 4.52. The number of rotatable bonds is 5. The Morgan fingerprint density at radius 3 is 2.39 bits per heavy atom. The van der Waals surface area contributed by atoms with Crippen LogP contribution in [0, 0.1) is 25.2 Å². The van der Waals surface area contributed by atoms with Gasteiger partial charge in [0.15, 0.2) is 5.78 Å². The molecule has 2 aromatic rings. The van der Waals surface area contributed by atoms with Gasteiger partial charge in [0.1, 0.15) is 0 Å². The van der Waals surface area contributed by atoms with Crippen LogP contribution in [-0.4, -0.2) is 47.1 Å². The third-order valence-corrected chi connectivity index (χ3v) is 6.49.